The first-order chi connectivity index (χ1) is 9.63. The fourth-order valence-corrected chi connectivity index (χ4v) is 1.54. The Morgan fingerprint density at radius 1 is 1.20 bits per heavy atom. The Hall–Kier alpha value is -2.08. The Labute approximate surface area is 117 Å². The standard InChI is InChI=1S/C14H19NO5/c1-19-10-9-15(8-7-13(16)17)14(18)20-11-12-5-3-2-4-6-12/h2-6H,7-11H2,1H3,(H,16,17). The molecule has 1 amide bonds. The molecule has 6 nitrogen and oxygen atoms in total. The molecule has 20 heavy (non-hydrogen) atoms. The number of benzene rings is 1. The van der Waals surface area contributed by atoms with Gasteiger partial charge in [0.25, 0.3) is 0 Å². The van der Waals surface area contributed by atoms with E-state index in [0.29, 0.717) is 13.2 Å². The summed E-state index contributed by atoms with van der Waals surface area (Å²) in [6, 6.07) is 9.30. The number of carbonyl (C=O) groups excluding carboxylic acids is 1. The molecule has 0 atom stereocenters. The van der Waals surface area contributed by atoms with E-state index in [1.54, 1.807) is 0 Å². The molecule has 0 unspecified atom stereocenters. The molecular formula is C14H19NO5. The van der Waals surface area contributed by atoms with Gasteiger partial charge in [-0.05, 0) is 5.56 Å². The van der Waals surface area contributed by atoms with Crippen molar-refractivity contribution in [3.8, 4) is 0 Å². The summed E-state index contributed by atoms with van der Waals surface area (Å²) in [6.07, 6.45) is -0.656. The zero-order valence-corrected chi connectivity index (χ0v) is 11.4. The van der Waals surface area contributed by atoms with Gasteiger partial charge >= 0.3 is 12.1 Å². The van der Waals surface area contributed by atoms with Crippen LogP contribution >= 0.6 is 0 Å². The monoisotopic (exact) mass is 281 g/mol. The maximum atomic E-state index is 11.9. The predicted molar refractivity (Wildman–Crippen MR) is 72.3 cm³/mol. The summed E-state index contributed by atoms with van der Waals surface area (Å²) >= 11 is 0. The van der Waals surface area contributed by atoms with Crippen molar-refractivity contribution in [1.29, 1.82) is 0 Å². The largest absolute Gasteiger partial charge is 0.481 e. The summed E-state index contributed by atoms with van der Waals surface area (Å²) in [5, 5.41) is 8.67. The Bertz CT molecular complexity index is 421. The molecule has 110 valence electrons. The minimum absolute atomic E-state index is 0.103. The molecule has 0 aromatic heterocycles. The highest BCUT2D eigenvalue weighted by Gasteiger charge is 2.16. The van der Waals surface area contributed by atoms with Crippen LogP contribution in [0.3, 0.4) is 0 Å². The number of nitrogens with zero attached hydrogens (tertiary/aromatic N) is 1. The van der Waals surface area contributed by atoms with Crippen molar-refractivity contribution in [2.24, 2.45) is 0 Å². The lowest BCUT2D eigenvalue weighted by Gasteiger charge is -2.21. The van der Waals surface area contributed by atoms with Crippen LogP contribution in [0.2, 0.25) is 0 Å². The molecule has 1 N–H and O–H groups in total. The number of carbonyl (C=O) groups is 2. The molecule has 0 saturated heterocycles. The molecule has 0 aliphatic carbocycles. The second-order valence-electron chi connectivity index (χ2n) is 4.16. The van der Waals surface area contributed by atoms with Crippen LogP contribution in [0.15, 0.2) is 30.3 Å². The quantitative estimate of drug-likeness (QED) is 0.785. The van der Waals surface area contributed by atoms with Crippen molar-refractivity contribution in [2.45, 2.75) is 13.0 Å². The van der Waals surface area contributed by atoms with E-state index in [2.05, 4.69) is 0 Å². The van der Waals surface area contributed by atoms with Gasteiger partial charge in [-0.2, -0.15) is 0 Å². The highest BCUT2D eigenvalue weighted by molar-refractivity contribution is 5.70. The smallest absolute Gasteiger partial charge is 0.410 e. The van der Waals surface area contributed by atoms with Crippen LogP contribution in [0.4, 0.5) is 4.79 Å². The average molecular weight is 281 g/mol. The SMILES string of the molecule is COCCN(CCC(=O)O)C(=O)OCc1ccccc1. The maximum absolute atomic E-state index is 11.9. The van der Waals surface area contributed by atoms with Gasteiger partial charge in [0.2, 0.25) is 0 Å². The molecule has 0 saturated carbocycles. The van der Waals surface area contributed by atoms with E-state index in [-0.39, 0.29) is 19.6 Å². The van der Waals surface area contributed by atoms with E-state index < -0.39 is 12.1 Å². The number of rotatable bonds is 8. The topological polar surface area (TPSA) is 76.1 Å². The van der Waals surface area contributed by atoms with Crippen LogP contribution in [-0.2, 0) is 20.9 Å². The Morgan fingerprint density at radius 2 is 1.90 bits per heavy atom. The van der Waals surface area contributed by atoms with Crippen LogP contribution in [-0.4, -0.2) is 48.9 Å². The van der Waals surface area contributed by atoms with E-state index in [9.17, 15) is 9.59 Å². The van der Waals surface area contributed by atoms with E-state index in [1.165, 1.54) is 12.0 Å². The highest BCUT2D eigenvalue weighted by Crippen LogP contribution is 2.04. The van der Waals surface area contributed by atoms with Gasteiger partial charge in [-0.15, -0.1) is 0 Å². The third-order valence-electron chi connectivity index (χ3n) is 2.62. The third kappa shape index (κ3) is 6.19. The third-order valence-corrected chi connectivity index (χ3v) is 2.62. The number of carboxylic acid groups (broad SMARTS) is 1. The number of aliphatic carboxylic acids is 1. The molecule has 1 rings (SSSR count). The van der Waals surface area contributed by atoms with Crippen LogP contribution in [0.25, 0.3) is 0 Å². The van der Waals surface area contributed by atoms with E-state index >= 15 is 0 Å². The molecule has 0 aliphatic rings. The zero-order valence-electron chi connectivity index (χ0n) is 11.4. The fourth-order valence-electron chi connectivity index (χ4n) is 1.54. The fraction of sp³-hybridized carbons (Fsp3) is 0.429. The minimum atomic E-state index is -0.955. The van der Waals surface area contributed by atoms with Crippen LogP contribution < -0.4 is 0 Å². The lowest BCUT2D eigenvalue weighted by atomic mass is 10.2. The van der Waals surface area contributed by atoms with Gasteiger partial charge < -0.3 is 19.5 Å². The summed E-state index contributed by atoms with van der Waals surface area (Å²) in [7, 11) is 1.52. The van der Waals surface area contributed by atoms with Crippen molar-refractivity contribution in [3.05, 3.63) is 35.9 Å². The van der Waals surface area contributed by atoms with Gasteiger partial charge in [0.15, 0.2) is 0 Å². The number of amides is 1. The number of ether oxygens (including phenoxy) is 2. The van der Waals surface area contributed by atoms with Gasteiger partial charge in [0, 0.05) is 20.2 Å². The van der Waals surface area contributed by atoms with Crippen LogP contribution in [0, 0.1) is 0 Å². The highest BCUT2D eigenvalue weighted by atomic mass is 16.6. The van der Waals surface area contributed by atoms with Gasteiger partial charge in [-0.25, -0.2) is 4.79 Å². The molecule has 0 aliphatic heterocycles. The molecule has 0 radical (unpaired) electrons. The predicted octanol–water partition coefficient (Wildman–Crippen LogP) is 1.75. The van der Waals surface area contributed by atoms with Crippen LogP contribution in [0.1, 0.15) is 12.0 Å². The first-order valence-corrected chi connectivity index (χ1v) is 6.30. The van der Waals surface area contributed by atoms with Crippen molar-refractivity contribution in [1.82, 2.24) is 4.90 Å². The first-order valence-electron chi connectivity index (χ1n) is 6.30. The molecule has 0 spiro atoms. The molecule has 0 heterocycles. The van der Waals surface area contributed by atoms with E-state index in [0.717, 1.165) is 5.56 Å². The molecule has 0 fully saturated rings. The minimum Gasteiger partial charge on any atom is -0.481 e. The number of hydrogen-bond acceptors (Lipinski definition) is 4. The summed E-state index contributed by atoms with van der Waals surface area (Å²) in [6.45, 7) is 0.903. The van der Waals surface area contributed by atoms with Gasteiger partial charge in [-0.1, -0.05) is 30.3 Å². The Morgan fingerprint density at radius 3 is 2.50 bits per heavy atom. The van der Waals surface area contributed by atoms with Gasteiger partial charge in [-0.3, -0.25) is 4.79 Å². The summed E-state index contributed by atoms with van der Waals surface area (Å²) in [5.74, 6) is -0.955. The van der Waals surface area contributed by atoms with Crippen molar-refractivity contribution in [2.75, 3.05) is 26.8 Å². The Balaban J connectivity index is 2.46. The lowest BCUT2D eigenvalue weighted by Crippen LogP contribution is -2.36. The summed E-state index contributed by atoms with van der Waals surface area (Å²) in [5.41, 5.74) is 0.880. The summed E-state index contributed by atoms with van der Waals surface area (Å²) < 4.78 is 10.1. The number of methoxy groups -OCH3 is 1. The molecule has 6 heteroatoms. The molecule has 1 aromatic rings. The molecular weight excluding hydrogens is 262 g/mol. The average Bonchev–Trinajstić information content (AvgIpc) is 2.45. The van der Waals surface area contributed by atoms with Gasteiger partial charge in [0.05, 0.1) is 13.0 Å². The second kappa shape index (κ2) is 8.92. The van der Waals surface area contributed by atoms with E-state index in [4.69, 9.17) is 14.6 Å². The Kier molecular flexibility index (Phi) is 7.13. The number of hydrogen-bond donors (Lipinski definition) is 1. The van der Waals surface area contributed by atoms with Crippen LogP contribution in [0.5, 0.6) is 0 Å². The maximum Gasteiger partial charge on any atom is 0.410 e. The lowest BCUT2D eigenvalue weighted by molar-refractivity contribution is -0.137. The zero-order chi connectivity index (χ0) is 14.8. The second-order valence-corrected chi connectivity index (χ2v) is 4.16. The molecule has 1 aromatic carbocycles. The van der Waals surface area contributed by atoms with Crippen molar-refractivity contribution < 1.29 is 24.2 Å². The molecule has 0 bridgehead atoms. The van der Waals surface area contributed by atoms with E-state index in [1.807, 2.05) is 30.3 Å². The number of carboxylic acids is 1. The van der Waals surface area contributed by atoms with Crippen molar-refractivity contribution in [3.63, 3.8) is 0 Å². The normalized spacial score (nSPS) is 10.1. The van der Waals surface area contributed by atoms with Gasteiger partial charge in [0.1, 0.15) is 6.61 Å². The summed E-state index contributed by atoms with van der Waals surface area (Å²) in [4.78, 5) is 23.8. The first kappa shape index (κ1) is 16.0. The van der Waals surface area contributed by atoms with Crippen molar-refractivity contribution >= 4 is 12.1 Å².